The van der Waals surface area contributed by atoms with Crippen LogP contribution < -0.4 is 5.32 Å². The van der Waals surface area contributed by atoms with Crippen LogP contribution in [0.4, 0.5) is 0 Å². The highest BCUT2D eigenvalue weighted by molar-refractivity contribution is 7.89. The van der Waals surface area contributed by atoms with Crippen molar-refractivity contribution in [3.05, 3.63) is 11.5 Å². The Bertz CT molecular complexity index is 602. The largest absolute Gasteiger partial charge is 0.360 e. The lowest BCUT2D eigenvalue weighted by atomic mass is 10.2. The summed E-state index contributed by atoms with van der Waals surface area (Å²) < 4.78 is 31.2. The summed E-state index contributed by atoms with van der Waals surface area (Å²) in [4.78, 5) is 11.7. The van der Waals surface area contributed by atoms with Gasteiger partial charge in [-0.15, -0.1) is 0 Å². The molecule has 98 valence electrons. The average molecular weight is 271 g/mol. The van der Waals surface area contributed by atoms with Crippen molar-refractivity contribution >= 4 is 15.9 Å². The Balaban J connectivity index is 2.05. The Morgan fingerprint density at radius 1 is 1.44 bits per heavy atom. The normalized spacial score (nSPS) is 27.8. The number of nitrogens with zero attached hydrogens (tertiary/aromatic N) is 2. The van der Waals surface area contributed by atoms with E-state index in [0.29, 0.717) is 18.7 Å². The molecule has 2 fully saturated rings. The Morgan fingerprint density at radius 3 is 2.67 bits per heavy atom. The molecular weight excluding hydrogens is 258 g/mol. The Kier molecular flexibility index (Phi) is 2.30. The number of hydrogen-bond donors (Lipinski definition) is 1. The number of fused-ring (bicyclic) bond motifs is 2. The number of amides is 1. The van der Waals surface area contributed by atoms with Gasteiger partial charge in [-0.1, -0.05) is 5.16 Å². The van der Waals surface area contributed by atoms with E-state index in [1.54, 1.807) is 13.8 Å². The van der Waals surface area contributed by atoms with Crippen LogP contribution in [-0.4, -0.2) is 42.4 Å². The van der Waals surface area contributed by atoms with Gasteiger partial charge in [0.25, 0.3) is 0 Å². The number of rotatable bonds is 2. The van der Waals surface area contributed by atoms with Gasteiger partial charge in [-0.2, -0.15) is 4.31 Å². The van der Waals surface area contributed by atoms with Crippen LogP contribution in [0, 0.1) is 13.8 Å². The van der Waals surface area contributed by atoms with Gasteiger partial charge in [0.05, 0.1) is 0 Å². The van der Waals surface area contributed by atoms with Gasteiger partial charge < -0.3 is 9.84 Å². The van der Waals surface area contributed by atoms with Crippen molar-refractivity contribution < 1.29 is 17.7 Å². The summed E-state index contributed by atoms with van der Waals surface area (Å²) in [6, 6.07) is -0.661. The van der Waals surface area contributed by atoms with Gasteiger partial charge in [-0.25, -0.2) is 8.42 Å². The lowest BCUT2D eigenvalue weighted by Gasteiger charge is -2.25. The molecule has 18 heavy (non-hydrogen) atoms. The molecule has 2 atom stereocenters. The Morgan fingerprint density at radius 2 is 2.17 bits per heavy atom. The Labute approximate surface area is 104 Å². The number of aromatic nitrogens is 1. The van der Waals surface area contributed by atoms with Gasteiger partial charge >= 0.3 is 0 Å². The maximum Gasteiger partial charge on any atom is 0.249 e. The number of sulfonamides is 1. The van der Waals surface area contributed by atoms with Crippen LogP contribution in [0.1, 0.15) is 17.9 Å². The molecule has 3 heterocycles. The topological polar surface area (TPSA) is 92.5 Å². The third-order valence-electron chi connectivity index (χ3n) is 3.44. The summed E-state index contributed by atoms with van der Waals surface area (Å²) in [5.41, 5.74) is 0.329. The maximum atomic E-state index is 12.5. The number of nitrogens with one attached hydrogen (secondary N) is 1. The van der Waals surface area contributed by atoms with Crippen LogP contribution in [0.15, 0.2) is 9.42 Å². The second kappa shape index (κ2) is 3.55. The fourth-order valence-corrected chi connectivity index (χ4v) is 4.61. The first-order chi connectivity index (χ1) is 8.41. The molecule has 1 aromatic rings. The standard InChI is InChI=1S/C10H13N3O4S/c1-5-9(6(2)17-12-5)18(15,16)13-4-7-3-8(13)10(14)11-7/h7-8H,3-4H2,1-2H3,(H,11,14)/t7-,8-/m0/s1. The predicted molar refractivity (Wildman–Crippen MR) is 60.2 cm³/mol. The molecule has 8 heteroatoms. The van der Waals surface area contributed by atoms with E-state index in [1.807, 2.05) is 0 Å². The molecule has 1 amide bonds. The molecule has 1 N–H and O–H groups in total. The van der Waals surface area contributed by atoms with Crippen molar-refractivity contribution in [1.82, 2.24) is 14.8 Å². The molecule has 0 spiro atoms. The number of carbonyl (C=O) groups excluding carboxylic acids is 1. The van der Waals surface area contributed by atoms with Crippen molar-refractivity contribution in [2.75, 3.05) is 6.54 Å². The second-order valence-electron chi connectivity index (χ2n) is 4.69. The summed E-state index contributed by atoms with van der Waals surface area (Å²) in [7, 11) is -3.70. The average Bonchev–Trinajstić information content (AvgIpc) is 2.92. The van der Waals surface area contributed by atoms with Crippen LogP contribution in [0.2, 0.25) is 0 Å². The monoisotopic (exact) mass is 271 g/mol. The van der Waals surface area contributed by atoms with E-state index in [-0.39, 0.29) is 22.6 Å². The van der Waals surface area contributed by atoms with E-state index in [4.69, 9.17) is 4.52 Å². The first-order valence-corrected chi connectivity index (χ1v) is 7.10. The van der Waals surface area contributed by atoms with Crippen molar-refractivity contribution in [2.24, 2.45) is 0 Å². The SMILES string of the molecule is Cc1noc(C)c1S(=O)(=O)N1C[C@@H]2C[C@H]1C(=O)N2. The highest BCUT2D eigenvalue weighted by Crippen LogP contribution is 2.32. The zero-order chi connectivity index (χ0) is 13.1. The quantitative estimate of drug-likeness (QED) is 0.786. The molecule has 1 aromatic heterocycles. The summed E-state index contributed by atoms with van der Waals surface area (Å²) in [6.45, 7) is 3.46. The molecule has 0 saturated carbocycles. The van der Waals surface area contributed by atoms with E-state index in [9.17, 15) is 13.2 Å². The van der Waals surface area contributed by atoms with E-state index in [1.165, 1.54) is 4.31 Å². The third kappa shape index (κ3) is 1.42. The molecule has 0 aromatic carbocycles. The summed E-state index contributed by atoms with van der Waals surface area (Å²) >= 11 is 0. The Hall–Kier alpha value is -1.41. The van der Waals surface area contributed by atoms with Gasteiger partial charge in [0.1, 0.15) is 16.6 Å². The third-order valence-corrected chi connectivity index (χ3v) is 5.56. The molecule has 3 rings (SSSR count). The van der Waals surface area contributed by atoms with Crippen LogP contribution in [0.25, 0.3) is 0 Å². The molecular formula is C10H13N3O4S. The first-order valence-electron chi connectivity index (χ1n) is 5.66. The molecule has 0 aliphatic carbocycles. The zero-order valence-electron chi connectivity index (χ0n) is 10.0. The van der Waals surface area contributed by atoms with Gasteiger partial charge in [-0.05, 0) is 20.3 Å². The highest BCUT2D eigenvalue weighted by Gasteiger charge is 2.50. The van der Waals surface area contributed by atoms with Crippen molar-refractivity contribution in [3.8, 4) is 0 Å². The second-order valence-corrected chi connectivity index (χ2v) is 6.51. The van der Waals surface area contributed by atoms with Crippen molar-refractivity contribution in [3.63, 3.8) is 0 Å². The van der Waals surface area contributed by atoms with Crippen molar-refractivity contribution in [2.45, 2.75) is 37.2 Å². The van der Waals surface area contributed by atoms with Crippen molar-refractivity contribution in [1.29, 1.82) is 0 Å². The predicted octanol–water partition coefficient (Wildman–Crippen LogP) is -0.447. The minimum atomic E-state index is -3.70. The molecule has 7 nitrogen and oxygen atoms in total. The fourth-order valence-electron chi connectivity index (χ4n) is 2.67. The van der Waals surface area contributed by atoms with E-state index in [0.717, 1.165) is 0 Å². The van der Waals surface area contributed by atoms with Crippen LogP contribution in [-0.2, 0) is 14.8 Å². The van der Waals surface area contributed by atoms with Gasteiger partial charge in [0, 0.05) is 12.6 Å². The molecule has 2 aliphatic heterocycles. The van der Waals surface area contributed by atoms with E-state index >= 15 is 0 Å². The number of aryl methyl sites for hydroxylation is 2. The number of piperazine rings is 1. The minimum absolute atomic E-state index is 0.0715. The van der Waals surface area contributed by atoms with E-state index < -0.39 is 16.1 Å². The van der Waals surface area contributed by atoms with Crippen LogP contribution in [0.3, 0.4) is 0 Å². The number of hydrogen-bond acceptors (Lipinski definition) is 5. The van der Waals surface area contributed by atoms with Gasteiger partial charge in [0.2, 0.25) is 15.9 Å². The highest BCUT2D eigenvalue weighted by atomic mass is 32.2. The van der Waals surface area contributed by atoms with Gasteiger partial charge in [0.15, 0.2) is 5.76 Å². The molecule has 0 radical (unpaired) electrons. The lowest BCUT2D eigenvalue weighted by molar-refractivity contribution is -0.123. The smallest absolute Gasteiger partial charge is 0.249 e. The summed E-state index contributed by atoms with van der Waals surface area (Å²) in [5, 5.41) is 6.40. The molecule has 2 aliphatic rings. The van der Waals surface area contributed by atoms with Gasteiger partial charge in [-0.3, -0.25) is 4.79 Å². The first kappa shape index (κ1) is 11.7. The zero-order valence-corrected chi connectivity index (χ0v) is 10.8. The summed E-state index contributed by atoms with van der Waals surface area (Å²) in [6.07, 6.45) is 0.543. The lowest BCUT2D eigenvalue weighted by Crippen LogP contribution is -2.50. The minimum Gasteiger partial charge on any atom is -0.360 e. The van der Waals surface area contributed by atoms with Crippen LogP contribution >= 0.6 is 0 Å². The van der Waals surface area contributed by atoms with E-state index in [2.05, 4.69) is 10.5 Å². The number of carbonyl (C=O) groups is 1. The molecule has 2 bridgehead atoms. The summed E-state index contributed by atoms with van der Waals surface area (Å²) in [5.74, 6) is 0.0391. The maximum absolute atomic E-state index is 12.5. The fraction of sp³-hybridized carbons (Fsp3) is 0.600. The molecule has 2 saturated heterocycles. The van der Waals surface area contributed by atoms with Crippen LogP contribution in [0.5, 0.6) is 0 Å². The molecule has 0 unspecified atom stereocenters.